The fourth-order valence-electron chi connectivity index (χ4n) is 7.51. The molecule has 3 aliphatic carbocycles. The highest BCUT2D eigenvalue weighted by atomic mass is 19.1. The number of hydrogen-bond donors (Lipinski definition) is 5. The van der Waals surface area contributed by atoms with E-state index >= 15 is 0 Å². The lowest BCUT2D eigenvalue weighted by molar-refractivity contribution is -0.153. The van der Waals surface area contributed by atoms with Crippen molar-refractivity contribution in [3.63, 3.8) is 0 Å². The smallest absolute Gasteiger partial charge is 0.255 e. The normalized spacial score (nSPS) is 24.2. The average molecular weight is 626 g/mol. The molecule has 3 aliphatic rings. The number of amides is 1. The number of halogens is 1. The predicted molar refractivity (Wildman–Crippen MR) is 170 cm³/mol. The fourth-order valence-corrected chi connectivity index (χ4v) is 7.51. The second-order valence-corrected chi connectivity index (χ2v) is 12.7. The summed E-state index contributed by atoms with van der Waals surface area (Å²) >= 11 is 0. The number of likely N-dealkylation sites (N-methyl/N-ethyl adjacent to an activating group) is 1. The van der Waals surface area contributed by atoms with Gasteiger partial charge in [0.15, 0.2) is 11.4 Å². The maximum absolute atomic E-state index is 14.1. The largest absolute Gasteiger partial charge is 0.508 e. The molecule has 0 heterocycles. The van der Waals surface area contributed by atoms with E-state index in [1.807, 2.05) is 49.4 Å². The van der Waals surface area contributed by atoms with Gasteiger partial charge in [-0.3, -0.25) is 19.3 Å². The van der Waals surface area contributed by atoms with Crippen LogP contribution in [-0.4, -0.2) is 63.4 Å². The first kappa shape index (κ1) is 31.3. The topological polar surface area (TPSA) is 153 Å². The molecule has 238 valence electrons. The highest BCUT2D eigenvalue weighted by molar-refractivity contribution is 6.24. The van der Waals surface area contributed by atoms with Gasteiger partial charge in [-0.25, -0.2) is 4.39 Å². The van der Waals surface area contributed by atoms with E-state index < -0.39 is 52.3 Å². The minimum atomic E-state index is -2.60. The number of nitrogens with one attached hydrogen (secondary N) is 1. The van der Waals surface area contributed by atoms with E-state index in [1.165, 1.54) is 17.0 Å². The zero-order valence-corrected chi connectivity index (χ0v) is 25.8. The number of benzene rings is 3. The van der Waals surface area contributed by atoms with Gasteiger partial charge in [0.05, 0.1) is 6.04 Å². The lowest BCUT2D eigenvalue weighted by Crippen LogP contribution is -2.65. The number of nitrogens with two attached hydrogens (primary N) is 1. The third-order valence-electron chi connectivity index (χ3n) is 9.65. The lowest BCUT2D eigenvalue weighted by atomic mass is 9.57. The van der Waals surface area contributed by atoms with Crippen LogP contribution >= 0.6 is 0 Å². The first-order valence-corrected chi connectivity index (χ1v) is 15.2. The van der Waals surface area contributed by atoms with E-state index in [0.717, 1.165) is 33.4 Å². The van der Waals surface area contributed by atoms with Crippen LogP contribution in [0.1, 0.15) is 34.2 Å². The number of carbonyl (C=O) groups excluding carboxylic acids is 3. The Labute approximate surface area is 265 Å². The van der Waals surface area contributed by atoms with Crippen LogP contribution in [0.5, 0.6) is 0 Å². The van der Waals surface area contributed by atoms with Crippen molar-refractivity contribution in [2.45, 2.75) is 44.5 Å². The van der Waals surface area contributed by atoms with Crippen LogP contribution in [0.3, 0.4) is 0 Å². The van der Waals surface area contributed by atoms with E-state index in [-0.39, 0.29) is 23.6 Å². The van der Waals surface area contributed by atoms with Gasteiger partial charge in [-0.1, -0.05) is 48.5 Å². The molecule has 0 radical (unpaired) electrons. The van der Waals surface area contributed by atoms with Crippen LogP contribution < -0.4 is 11.1 Å². The Morgan fingerprint density at radius 2 is 1.74 bits per heavy atom. The molecule has 3 aromatic rings. The third-order valence-corrected chi connectivity index (χ3v) is 9.65. The number of rotatable bonds is 7. The molecule has 1 amide bonds. The van der Waals surface area contributed by atoms with Crippen molar-refractivity contribution >= 4 is 23.2 Å². The van der Waals surface area contributed by atoms with Crippen LogP contribution in [-0.2, 0) is 33.9 Å². The molecule has 3 aromatic carbocycles. The summed E-state index contributed by atoms with van der Waals surface area (Å²) in [6, 6.07) is 17.1. The molecule has 0 unspecified atom stereocenters. The summed E-state index contributed by atoms with van der Waals surface area (Å²) < 4.78 is 13.5. The van der Waals surface area contributed by atoms with Crippen molar-refractivity contribution in [1.82, 2.24) is 10.2 Å². The quantitative estimate of drug-likeness (QED) is 0.250. The number of aryl methyl sites for hydroxylation is 1. The van der Waals surface area contributed by atoms with Gasteiger partial charge < -0.3 is 26.4 Å². The molecule has 1 fully saturated rings. The summed E-state index contributed by atoms with van der Waals surface area (Å²) in [4.78, 5) is 41.2. The van der Waals surface area contributed by atoms with Crippen molar-refractivity contribution in [3.05, 3.63) is 111 Å². The van der Waals surface area contributed by atoms with Crippen molar-refractivity contribution < 1.29 is 34.1 Å². The molecule has 6 N–H and O–H groups in total. The van der Waals surface area contributed by atoms with Crippen molar-refractivity contribution in [2.24, 2.45) is 17.6 Å². The standard InChI is InChI=1S/C36H36FN3O6/c1-18-7-12-24(21-10-8-19(9-11-21)16-39-17-20-5-4-6-23(37)13-20)25-14-22-15-26-30(40(2)3)32(42)29(35(38)45)34(44)36(26,46)33(43)28(22)31(41)27(18)25/h4-13,22,26,30,39,41,44,46H,14-17H2,1-3H3,(H2,38,45)/t22-,26-,30+,36-/m0/s1. The first-order valence-electron chi connectivity index (χ1n) is 15.2. The highest BCUT2D eigenvalue weighted by Crippen LogP contribution is 2.53. The Morgan fingerprint density at radius 3 is 2.39 bits per heavy atom. The average Bonchev–Trinajstić information content (AvgIpc) is 2.99. The number of aliphatic hydroxyl groups is 3. The van der Waals surface area contributed by atoms with Crippen LogP contribution in [0.4, 0.5) is 4.39 Å². The maximum Gasteiger partial charge on any atom is 0.255 e. The summed E-state index contributed by atoms with van der Waals surface area (Å²) in [6.45, 7) is 2.92. The second-order valence-electron chi connectivity index (χ2n) is 12.7. The molecule has 6 rings (SSSR count). The summed E-state index contributed by atoms with van der Waals surface area (Å²) in [6.07, 6.45) is 0.442. The van der Waals surface area contributed by atoms with Crippen molar-refractivity contribution in [2.75, 3.05) is 14.1 Å². The molecule has 0 saturated heterocycles. The molecule has 0 aliphatic heterocycles. The van der Waals surface area contributed by atoms with Gasteiger partial charge in [0.2, 0.25) is 5.78 Å². The minimum Gasteiger partial charge on any atom is -0.508 e. The molecule has 0 spiro atoms. The lowest BCUT2D eigenvalue weighted by Gasteiger charge is -2.50. The van der Waals surface area contributed by atoms with Crippen LogP contribution in [0.25, 0.3) is 16.9 Å². The SMILES string of the molecule is Cc1ccc(-c2ccc(CNCc3cccc(F)c3)cc2)c2c1C(O)=C1C(=O)[C@]3(O)C(O)=C(C(N)=O)C(=O)[C@H](N(C)C)[C@@H]3C[C@@H]1C2. The monoisotopic (exact) mass is 625 g/mol. The Kier molecular flexibility index (Phi) is 7.92. The number of nitrogens with zero attached hydrogens (tertiary/aromatic N) is 1. The number of Topliss-reactive ketones (excluding diaryl/α,β-unsaturated/α-hetero) is 2. The number of hydrogen-bond acceptors (Lipinski definition) is 8. The van der Waals surface area contributed by atoms with Gasteiger partial charge >= 0.3 is 0 Å². The fraction of sp³-hybridized carbons (Fsp3) is 0.306. The van der Waals surface area contributed by atoms with Gasteiger partial charge in [-0.05, 0) is 85.3 Å². The second kappa shape index (κ2) is 11.6. The van der Waals surface area contributed by atoms with Crippen LogP contribution in [0.2, 0.25) is 0 Å². The van der Waals surface area contributed by atoms with Crippen molar-refractivity contribution in [1.29, 1.82) is 0 Å². The number of fused-ring (bicyclic) bond motifs is 3. The van der Waals surface area contributed by atoms with E-state index in [0.29, 0.717) is 25.1 Å². The molecule has 4 atom stereocenters. The van der Waals surface area contributed by atoms with Gasteiger partial charge in [0.1, 0.15) is 22.9 Å². The molecular formula is C36H36FN3O6. The molecule has 9 nitrogen and oxygen atoms in total. The Hall–Kier alpha value is -4.64. The third kappa shape index (κ3) is 4.93. The Morgan fingerprint density at radius 1 is 1.04 bits per heavy atom. The number of primary amides is 1. The highest BCUT2D eigenvalue weighted by Gasteiger charge is 2.64. The number of carbonyl (C=O) groups is 3. The van der Waals surface area contributed by atoms with Crippen molar-refractivity contribution in [3.8, 4) is 11.1 Å². The van der Waals surface area contributed by atoms with Crippen LogP contribution in [0.15, 0.2) is 77.6 Å². The summed E-state index contributed by atoms with van der Waals surface area (Å²) in [7, 11) is 3.19. The van der Waals surface area contributed by atoms with Crippen LogP contribution in [0, 0.1) is 24.6 Å². The first-order chi connectivity index (χ1) is 21.8. The van der Waals surface area contributed by atoms with E-state index in [2.05, 4.69) is 5.32 Å². The summed E-state index contributed by atoms with van der Waals surface area (Å²) in [5, 5.41) is 37.9. The number of aliphatic hydroxyl groups excluding tert-OH is 2. The van der Waals surface area contributed by atoms with Gasteiger partial charge in [0.25, 0.3) is 5.91 Å². The molecule has 0 bridgehead atoms. The molecule has 10 heteroatoms. The molecule has 46 heavy (non-hydrogen) atoms. The van der Waals surface area contributed by atoms with Gasteiger partial charge in [-0.2, -0.15) is 0 Å². The predicted octanol–water partition coefficient (Wildman–Crippen LogP) is 3.66. The Balaban J connectivity index is 1.35. The summed E-state index contributed by atoms with van der Waals surface area (Å²) in [5.41, 5.74) is 7.69. The maximum atomic E-state index is 14.1. The molecule has 0 aromatic heterocycles. The molecule has 1 saturated carbocycles. The summed E-state index contributed by atoms with van der Waals surface area (Å²) in [5.74, 6) is -6.19. The molecular weight excluding hydrogens is 589 g/mol. The zero-order chi connectivity index (χ0) is 33.1. The number of ketones is 2. The zero-order valence-electron chi connectivity index (χ0n) is 25.8. The van der Waals surface area contributed by atoms with Gasteiger partial charge in [0, 0.05) is 30.1 Å². The van der Waals surface area contributed by atoms with E-state index in [4.69, 9.17) is 5.73 Å². The minimum absolute atomic E-state index is 0.0338. The van der Waals surface area contributed by atoms with E-state index in [9.17, 15) is 34.1 Å². The van der Waals surface area contributed by atoms with Gasteiger partial charge in [-0.15, -0.1) is 0 Å². The van der Waals surface area contributed by atoms with E-state index in [1.54, 1.807) is 20.2 Å². The Bertz CT molecular complexity index is 1850.